The highest BCUT2D eigenvalue weighted by molar-refractivity contribution is 8.00. The zero-order valence-corrected chi connectivity index (χ0v) is 25.2. The van der Waals surface area contributed by atoms with Gasteiger partial charge in [0.25, 0.3) is 17.7 Å². The molecule has 5 rings (SSSR count). The van der Waals surface area contributed by atoms with Gasteiger partial charge in [-0.1, -0.05) is 17.3 Å². The number of hydrogen-bond acceptors (Lipinski definition) is 13. The summed E-state index contributed by atoms with van der Waals surface area (Å²) in [5.41, 5.74) is 1.52. The first-order valence-corrected chi connectivity index (χ1v) is 15.1. The predicted octanol–water partition coefficient (Wildman–Crippen LogP) is 2.47. The standard InChI is InChI=1S/C26H23BClN5O8S2/c1-13-29-18(12-42-13)20(23(34)30-21-24(35)33-22(26(36)40-27)15(8-28)11-43-25(21)33)32-39-10-17-7-19(31-41-17)38-9-14-3-5-16(37-2)6-4-14/h3-7,12,21,25H,8-11H2,1-2H3,(H,30,34)/b32-20-/t21-,25-/m1/s1. The number of carbonyl (C=O) groups is 3. The van der Waals surface area contributed by atoms with Gasteiger partial charge < -0.3 is 28.8 Å². The van der Waals surface area contributed by atoms with E-state index in [9.17, 15) is 14.4 Å². The molecule has 0 bridgehead atoms. The van der Waals surface area contributed by atoms with Crippen LogP contribution in [0, 0.1) is 6.92 Å². The number of aromatic nitrogens is 2. The fourth-order valence-corrected chi connectivity index (χ4v) is 6.46. The summed E-state index contributed by atoms with van der Waals surface area (Å²) < 4.78 is 20.4. The lowest BCUT2D eigenvalue weighted by molar-refractivity contribution is -0.149. The first kappa shape index (κ1) is 30.4. The molecule has 222 valence electrons. The number of rotatable bonds is 12. The fraction of sp³-hybridized carbons (Fsp3) is 0.308. The molecule has 2 aliphatic heterocycles. The van der Waals surface area contributed by atoms with E-state index in [1.165, 1.54) is 28.0 Å². The molecule has 2 aliphatic rings. The normalized spacial score (nSPS) is 18.1. The first-order chi connectivity index (χ1) is 20.8. The number of β-lactam (4-membered cyclic amide) rings is 1. The number of fused-ring (bicyclic) bond motifs is 1. The molecular weight excluding hydrogens is 621 g/mol. The van der Waals surface area contributed by atoms with Gasteiger partial charge in [0.1, 0.15) is 35.2 Å². The van der Waals surface area contributed by atoms with Crippen LogP contribution >= 0.6 is 34.7 Å². The largest absolute Gasteiger partial charge is 0.539 e. The lowest BCUT2D eigenvalue weighted by Gasteiger charge is -2.49. The van der Waals surface area contributed by atoms with Gasteiger partial charge in [0.15, 0.2) is 18.1 Å². The van der Waals surface area contributed by atoms with Gasteiger partial charge >= 0.3 is 14.0 Å². The fourth-order valence-electron chi connectivity index (χ4n) is 4.19. The molecule has 1 N–H and O–H groups in total. The third-order valence-electron chi connectivity index (χ3n) is 6.32. The van der Waals surface area contributed by atoms with Crippen molar-refractivity contribution in [3.8, 4) is 11.6 Å². The summed E-state index contributed by atoms with van der Waals surface area (Å²) in [4.78, 5) is 49.6. The summed E-state index contributed by atoms with van der Waals surface area (Å²) in [5, 5.41) is 12.3. The summed E-state index contributed by atoms with van der Waals surface area (Å²) >= 11 is 8.61. The molecule has 0 aliphatic carbocycles. The van der Waals surface area contributed by atoms with Crippen molar-refractivity contribution in [1.29, 1.82) is 0 Å². The van der Waals surface area contributed by atoms with Crippen molar-refractivity contribution in [2.45, 2.75) is 31.6 Å². The molecule has 1 fully saturated rings. The lowest BCUT2D eigenvalue weighted by atomic mass is 10.0. The van der Waals surface area contributed by atoms with E-state index in [4.69, 9.17) is 38.5 Å². The Morgan fingerprint density at radius 2 is 2.07 bits per heavy atom. The van der Waals surface area contributed by atoms with E-state index in [0.29, 0.717) is 22.1 Å². The van der Waals surface area contributed by atoms with Crippen molar-refractivity contribution >= 4 is 66.2 Å². The van der Waals surface area contributed by atoms with E-state index in [2.05, 4.69) is 25.3 Å². The number of amides is 2. The van der Waals surface area contributed by atoms with Crippen molar-refractivity contribution in [3.63, 3.8) is 0 Å². The molecular formula is C26H23BClN5O8S2. The number of nitrogens with one attached hydrogen (secondary N) is 1. The van der Waals surface area contributed by atoms with Crippen molar-refractivity contribution < 1.29 is 37.9 Å². The maximum atomic E-state index is 13.3. The van der Waals surface area contributed by atoms with Crippen molar-refractivity contribution in [3.05, 3.63) is 69.0 Å². The highest BCUT2D eigenvalue weighted by atomic mass is 35.5. The molecule has 1 saturated heterocycles. The second kappa shape index (κ2) is 13.5. The number of aryl methyl sites for hydroxylation is 1. The summed E-state index contributed by atoms with van der Waals surface area (Å²) in [6, 6.07) is 7.98. The highest BCUT2D eigenvalue weighted by Crippen LogP contribution is 2.40. The monoisotopic (exact) mass is 643 g/mol. The number of alkyl halides is 1. The topological polar surface area (TPSA) is 155 Å². The van der Waals surface area contributed by atoms with Crippen LogP contribution in [0.1, 0.15) is 22.0 Å². The number of nitrogens with zero attached hydrogens (tertiary/aromatic N) is 4. The highest BCUT2D eigenvalue weighted by Gasteiger charge is 2.54. The van der Waals surface area contributed by atoms with Gasteiger partial charge in [-0.2, -0.15) is 0 Å². The van der Waals surface area contributed by atoms with E-state index in [1.54, 1.807) is 25.5 Å². The van der Waals surface area contributed by atoms with E-state index >= 15 is 0 Å². The zero-order chi connectivity index (χ0) is 30.5. The Balaban J connectivity index is 1.23. The molecule has 4 heterocycles. The van der Waals surface area contributed by atoms with Crippen LogP contribution in [0.4, 0.5) is 0 Å². The summed E-state index contributed by atoms with van der Waals surface area (Å²) in [7, 11) is 6.65. The summed E-state index contributed by atoms with van der Waals surface area (Å²) in [5.74, 6) is -0.444. The minimum atomic E-state index is -0.945. The smallest absolute Gasteiger partial charge is 0.378 e. The molecule has 2 amide bonds. The lowest BCUT2D eigenvalue weighted by Crippen LogP contribution is -2.71. The number of oxime groups is 1. The molecule has 43 heavy (non-hydrogen) atoms. The number of carbonyl (C=O) groups excluding carboxylic acids is 3. The van der Waals surface area contributed by atoms with Crippen LogP contribution in [0.3, 0.4) is 0 Å². The van der Waals surface area contributed by atoms with E-state index in [1.807, 2.05) is 24.3 Å². The second-order valence-electron chi connectivity index (χ2n) is 9.09. The zero-order valence-electron chi connectivity index (χ0n) is 22.8. The minimum Gasteiger partial charge on any atom is -0.539 e. The van der Waals surface area contributed by atoms with E-state index in [-0.39, 0.29) is 42.1 Å². The molecule has 1 aromatic carbocycles. The van der Waals surface area contributed by atoms with Crippen LogP contribution in [-0.4, -0.2) is 76.7 Å². The minimum absolute atomic E-state index is 0.0106. The van der Waals surface area contributed by atoms with Crippen LogP contribution in [0.2, 0.25) is 0 Å². The Morgan fingerprint density at radius 1 is 1.28 bits per heavy atom. The van der Waals surface area contributed by atoms with Gasteiger partial charge in [-0.05, 0) is 35.3 Å². The van der Waals surface area contributed by atoms with Crippen molar-refractivity contribution in [1.82, 2.24) is 20.4 Å². The number of thiazole rings is 1. The van der Waals surface area contributed by atoms with Gasteiger partial charge in [0.05, 0.1) is 12.1 Å². The molecule has 2 atom stereocenters. The Kier molecular flexibility index (Phi) is 9.57. The van der Waals surface area contributed by atoms with Gasteiger partial charge in [0.2, 0.25) is 0 Å². The molecule has 0 spiro atoms. The van der Waals surface area contributed by atoms with Crippen molar-refractivity contribution in [2.24, 2.45) is 5.16 Å². The molecule has 13 nitrogen and oxygen atoms in total. The van der Waals surface area contributed by atoms with Gasteiger partial charge in [-0.15, -0.1) is 34.7 Å². The van der Waals surface area contributed by atoms with Crippen LogP contribution in [0.5, 0.6) is 11.6 Å². The Morgan fingerprint density at radius 3 is 2.74 bits per heavy atom. The van der Waals surface area contributed by atoms with E-state index < -0.39 is 29.2 Å². The quantitative estimate of drug-likeness (QED) is 0.102. The number of benzene rings is 1. The maximum Gasteiger partial charge on any atom is 0.378 e. The van der Waals surface area contributed by atoms with Gasteiger partial charge in [-0.25, -0.2) is 9.78 Å². The third kappa shape index (κ3) is 6.65. The average molecular weight is 644 g/mol. The van der Waals surface area contributed by atoms with Crippen LogP contribution in [-0.2, 0) is 37.1 Å². The summed E-state index contributed by atoms with van der Waals surface area (Å²) in [6.45, 7) is 1.87. The number of halogens is 1. The molecule has 2 radical (unpaired) electrons. The molecule has 2 aromatic heterocycles. The number of hydrogen-bond donors (Lipinski definition) is 1. The Labute approximate surface area is 259 Å². The molecule has 17 heteroatoms. The van der Waals surface area contributed by atoms with Crippen LogP contribution in [0.15, 0.2) is 56.7 Å². The van der Waals surface area contributed by atoms with Crippen LogP contribution in [0.25, 0.3) is 0 Å². The number of thioether (sulfide) groups is 1. The van der Waals surface area contributed by atoms with Gasteiger partial charge in [-0.3, -0.25) is 14.5 Å². The molecule has 3 aromatic rings. The second-order valence-corrected chi connectivity index (χ2v) is 11.5. The third-order valence-corrected chi connectivity index (χ3v) is 8.75. The predicted molar refractivity (Wildman–Crippen MR) is 157 cm³/mol. The molecule has 0 unspecified atom stereocenters. The molecule has 0 saturated carbocycles. The number of ether oxygens (including phenoxy) is 2. The van der Waals surface area contributed by atoms with E-state index in [0.717, 1.165) is 11.3 Å². The Hall–Kier alpha value is -4.02. The number of methoxy groups -OCH3 is 1. The Bertz CT molecular complexity index is 1580. The van der Waals surface area contributed by atoms with Crippen molar-refractivity contribution in [2.75, 3.05) is 18.7 Å². The average Bonchev–Trinajstić information content (AvgIpc) is 3.68. The first-order valence-electron chi connectivity index (χ1n) is 12.6. The van der Waals surface area contributed by atoms with Crippen LogP contribution < -0.4 is 14.8 Å². The maximum absolute atomic E-state index is 13.3. The van der Waals surface area contributed by atoms with Gasteiger partial charge in [0, 0.05) is 23.1 Å². The SMILES string of the molecule is [B]OC(=O)C1=C(CCl)CS[C@@H]2[C@H](NC(=O)/C(=N\OCc3cc(OCc4ccc(OC)cc4)no3)c3csc(C)n3)C(=O)N12. The summed E-state index contributed by atoms with van der Waals surface area (Å²) in [6.07, 6.45) is 0.